The van der Waals surface area contributed by atoms with Gasteiger partial charge in [0.2, 0.25) is 9.70 Å². The van der Waals surface area contributed by atoms with Gasteiger partial charge in [0.15, 0.2) is 0 Å². The number of allylic oxidation sites excluding steroid dienone is 1. The minimum Gasteiger partial charge on any atom is -0.460 e. The highest BCUT2D eigenvalue weighted by molar-refractivity contribution is 8.04. The number of β-lactam (4-membered cyclic amide) rings is 1. The van der Waals surface area contributed by atoms with E-state index in [0.717, 1.165) is 11.8 Å². The van der Waals surface area contributed by atoms with E-state index >= 15 is 0 Å². The molecule has 12 nitrogen and oxygen atoms in total. The lowest BCUT2D eigenvalue weighted by molar-refractivity contribution is -0.158. The van der Waals surface area contributed by atoms with Crippen molar-refractivity contribution in [2.24, 2.45) is 5.92 Å². The van der Waals surface area contributed by atoms with Crippen molar-refractivity contribution in [1.82, 2.24) is 10.2 Å². The third-order valence-corrected chi connectivity index (χ3v) is 7.19. The lowest BCUT2D eigenvalue weighted by Crippen LogP contribution is -2.61. The lowest BCUT2D eigenvalue weighted by atomic mass is 9.92. The molecule has 2 rings (SSSR count). The Bertz CT molecular complexity index is 1090. The number of hydrogen-bond donors (Lipinski definition) is 1. The zero-order chi connectivity index (χ0) is 30.7. The Balaban J connectivity index is 2.20. The Morgan fingerprint density at radius 1 is 1.02 bits per heavy atom. The number of amides is 2. The van der Waals surface area contributed by atoms with Gasteiger partial charge in [0, 0.05) is 4.91 Å². The molecule has 16 heteroatoms. The van der Waals surface area contributed by atoms with Gasteiger partial charge >= 0.3 is 24.2 Å². The van der Waals surface area contributed by atoms with Crippen LogP contribution in [0.25, 0.3) is 0 Å². The predicted molar refractivity (Wildman–Crippen MR) is 151 cm³/mol. The van der Waals surface area contributed by atoms with Crippen LogP contribution in [0.3, 0.4) is 0 Å². The molecule has 1 fully saturated rings. The van der Waals surface area contributed by atoms with Crippen molar-refractivity contribution in [2.45, 2.75) is 41.1 Å². The van der Waals surface area contributed by atoms with E-state index in [1.165, 1.54) is 30.1 Å². The molecule has 0 aliphatic carbocycles. The Morgan fingerprint density at radius 3 is 2.24 bits per heavy atom. The molecular weight excluding hydrogens is 627 g/mol. The second-order valence-electron chi connectivity index (χ2n) is 8.42. The van der Waals surface area contributed by atoms with E-state index in [9.17, 15) is 24.0 Å². The summed E-state index contributed by atoms with van der Waals surface area (Å²) in [4.78, 5) is 64.4. The van der Waals surface area contributed by atoms with Crippen LogP contribution in [0.1, 0.15) is 19.8 Å². The van der Waals surface area contributed by atoms with Gasteiger partial charge in [-0.05, 0) is 19.8 Å². The lowest BCUT2D eigenvalue weighted by Gasteiger charge is -2.44. The molecule has 2 heterocycles. The molecule has 41 heavy (non-hydrogen) atoms. The Labute approximate surface area is 255 Å². The molecule has 0 aromatic heterocycles. The molecule has 2 aliphatic heterocycles. The van der Waals surface area contributed by atoms with Crippen LogP contribution in [-0.4, -0.2) is 82.7 Å². The van der Waals surface area contributed by atoms with Gasteiger partial charge in [0.05, 0.1) is 0 Å². The monoisotopic (exact) mass is 654 g/mol. The van der Waals surface area contributed by atoms with Crippen molar-refractivity contribution in [1.29, 1.82) is 0 Å². The van der Waals surface area contributed by atoms with Crippen LogP contribution in [0, 0.1) is 5.92 Å². The fourth-order valence-corrected chi connectivity index (χ4v) is 5.48. The molecule has 1 saturated heterocycles. The van der Waals surface area contributed by atoms with Gasteiger partial charge in [-0.2, -0.15) is 0 Å². The number of alkyl carbamates (subject to hydrolysis) is 1. The largest absolute Gasteiger partial charge is 0.508 e. The fourth-order valence-electron chi connectivity index (χ4n) is 3.70. The van der Waals surface area contributed by atoms with Crippen LogP contribution in [0.2, 0.25) is 0 Å². The molecule has 0 bridgehead atoms. The summed E-state index contributed by atoms with van der Waals surface area (Å²) in [5.74, 6) is -2.90. The number of halogens is 3. The topological polar surface area (TPSA) is 147 Å². The van der Waals surface area contributed by atoms with Crippen LogP contribution < -0.4 is 5.32 Å². The molecule has 3 unspecified atom stereocenters. The molecule has 226 valence electrons. The van der Waals surface area contributed by atoms with E-state index in [1.807, 2.05) is 0 Å². The van der Waals surface area contributed by atoms with Crippen molar-refractivity contribution < 1.29 is 47.7 Å². The number of nitrogens with one attached hydrogen (secondary N) is 1. The van der Waals surface area contributed by atoms with Gasteiger partial charge in [-0.15, -0.1) is 11.8 Å². The summed E-state index contributed by atoms with van der Waals surface area (Å²) >= 11 is 17.9. The number of carbonyl (C=O) groups is 5. The number of hydrogen-bond acceptors (Lipinski definition) is 11. The number of nitrogens with zero attached hydrogens (tertiary/aromatic N) is 1. The van der Waals surface area contributed by atoms with E-state index < -0.39 is 63.9 Å². The van der Waals surface area contributed by atoms with E-state index in [-0.39, 0.29) is 38.4 Å². The van der Waals surface area contributed by atoms with Gasteiger partial charge in [-0.1, -0.05) is 72.8 Å². The SMILES string of the molecule is C=CCOC(=O)NC(CCC1=C(C(=O)OCC=C)N2C(=O)C(C(C)OC(=O)OCC(Cl)(Cl)Cl)[C@@H]2S1)C(=O)OCC=C. The molecular formula is C25H29Cl3N2O10S. The first-order valence-corrected chi connectivity index (χ1v) is 14.1. The number of ether oxygens (including phenoxy) is 5. The van der Waals surface area contributed by atoms with Gasteiger partial charge in [-0.25, -0.2) is 19.2 Å². The second kappa shape index (κ2) is 15.9. The number of rotatable bonds is 15. The Hall–Kier alpha value is -2.87. The van der Waals surface area contributed by atoms with Gasteiger partial charge in [0.1, 0.15) is 55.6 Å². The normalized spacial score (nSPS) is 19.1. The molecule has 2 amide bonds. The average Bonchev–Trinajstić information content (AvgIpc) is 3.23. The quantitative estimate of drug-likeness (QED) is 0.0892. The predicted octanol–water partition coefficient (Wildman–Crippen LogP) is 4.16. The number of thioether (sulfide) groups is 1. The summed E-state index contributed by atoms with van der Waals surface area (Å²) in [5.41, 5.74) is -0.0264. The first-order valence-electron chi connectivity index (χ1n) is 12.1. The highest BCUT2D eigenvalue weighted by Crippen LogP contribution is 2.52. The molecule has 0 aromatic carbocycles. The average molecular weight is 656 g/mol. The third kappa shape index (κ3) is 9.87. The van der Waals surface area contributed by atoms with E-state index in [4.69, 9.17) is 58.5 Å². The number of carbonyl (C=O) groups excluding carboxylic acids is 5. The molecule has 0 aromatic rings. The second-order valence-corrected chi connectivity index (χ2v) is 12.1. The van der Waals surface area contributed by atoms with Crippen LogP contribution in [0.4, 0.5) is 9.59 Å². The van der Waals surface area contributed by atoms with Gasteiger partial charge < -0.3 is 29.0 Å². The maximum atomic E-state index is 13.1. The standard InChI is InChI=1S/C25H29Cl3N2O10S/c1-5-10-36-21(32)15(29-23(34)38-12-7-3)8-9-16-18(22(33)37-11-6-2)30-19(31)17(20(30)41-16)14(4)40-24(35)39-13-25(26,27)28/h5-7,14-15,17,20H,1-3,8-13H2,4H3,(H,29,34)/t14?,15?,17?,20-/m0/s1. The minimum absolute atomic E-state index is 0.0193. The van der Waals surface area contributed by atoms with Crippen LogP contribution in [0.5, 0.6) is 0 Å². The summed E-state index contributed by atoms with van der Waals surface area (Å²) in [6, 6.07) is -1.15. The van der Waals surface area contributed by atoms with Crippen LogP contribution >= 0.6 is 46.6 Å². The minimum atomic E-state index is -1.85. The zero-order valence-corrected chi connectivity index (χ0v) is 25.1. The van der Waals surface area contributed by atoms with Gasteiger partial charge in [-0.3, -0.25) is 9.69 Å². The third-order valence-electron chi connectivity index (χ3n) is 5.43. The van der Waals surface area contributed by atoms with Crippen molar-refractivity contribution >= 4 is 76.7 Å². The van der Waals surface area contributed by atoms with Crippen LogP contribution in [0.15, 0.2) is 48.6 Å². The smallest absolute Gasteiger partial charge is 0.460 e. The zero-order valence-electron chi connectivity index (χ0n) is 22.0. The van der Waals surface area contributed by atoms with Crippen molar-refractivity contribution in [3.8, 4) is 0 Å². The molecule has 0 radical (unpaired) electrons. The van der Waals surface area contributed by atoms with E-state index in [2.05, 4.69) is 25.1 Å². The summed E-state index contributed by atoms with van der Waals surface area (Å²) in [6.45, 7) is 11.1. The van der Waals surface area contributed by atoms with E-state index in [0.29, 0.717) is 4.91 Å². The van der Waals surface area contributed by atoms with Crippen molar-refractivity contribution in [3.63, 3.8) is 0 Å². The van der Waals surface area contributed by atoms with Crippen LogP contribution in [-0.2, 0) is 38.1 Å². The first-order chi connectivity index (χ1) is 19.3. The summed E-state index contributed by atoms with van der Waals surface area (Å²) in [6.07, 6.45) is 1.13. The van der Waals surface area contributed by atoms with Crippen molar-refractivity contribution in [3.05, 3.63) is 48.6 Å². The molecule has 4 atom stereocenters. The highest BCUT2D eigenvalue weighted by Gasteiger charge is 2.59. The molecule has 1 N–H and O–H groups in total. The van der Waals surface area contributed by atoms with Crippen molar-refractivity contribution in [2.75, 3.05) is 26.4 Å². The Kier molecular flexibility index (Phi) is 13.4. The summed E-state index contributed by atoms with van der Waals surface area (Å²) in [5, 5.41) is 1.79. The van der Waals surface area contributed by atoms with E-state index in [1.54, 1.807) is 0 Å². The summed E-state index contributed by atoms with van der Waals surface area (Å²) in [7, 11) is 0. The Morgan fingerprint density at radius 2 is 1.63 bits per heavy atom. The fraction of sp³-hybridized carbons (Fsp3) is 0.480. The molecule has 0 saturated carbocycles. The van der Waals surface area contributed by atoms with Gasteiger partial charge in [0.25, 0.3) is 0 Å². The maximum Gasteiger partial charge on any atom is 0.508 e. The molecule has 0 spiro atoms. The number of esters is 2. The number of alkyl halides is 3. The number of fused-ring (bicyclic) bond motifs is 1. The first kappa shape index (κ1) is 34.3. The summed E-state index contributed by atoms with van der Waals surface area (Å²) < 4.78 is 23.2. The molecule has 2 aliphatic rings. The highest BCUT2D eigenvalue weighted by atomic mass is 35.6. The maximum absolute atomic E-state index is 13.1.